The van der Waals surface area contributed by atoms with Crippen LogP contribution in [0.25, 0.3) is 0 Å². The summed E-state index contributed by atoms with van der Waals surface area (Å²) in [4.78, 5) is 0. The van der Waals surface area contributed by atoms with E-state index in [0.29, 0.717) is 18.1 Å². The smallest absolute Gasteiger partial charge is 0.205 e. The fourth-order valence-corrected chi connectivity index (χ4v) is 4.85. The second-order valence-electron chi connectivity index (χ2n) is 6.99. The number of aromatic nitrogens is 2. The zero-order valence-corrected chi connectivity index (χ0v) is 14.8. The van der Waals surface area contributed by atoms with Crippen LogP contribution in [0.3, 0.4) is 0 Å². The molecule has 0 bridgehead atoms. The first-order valence-electron chi connectivity index (χ1n) is 7.99. The molecule has 1 aliphatic heterocycles. The van der Waals surface area contributed by atoms with Gasteiger partial charge in [-0.15, -0.1) is 10.2 Å². The molecular formula is C17H20ClN3OS. The first kappa shape index (κ1) is 15.4. The fraction of sp³-hybridized carbons (Fsp3) is 0.529. The summed E-state index contributed by atoms with van der Waals surface area (Å²) in [5.74, 6) is 0.605. The average Bonchev–Trinajstić information content (AvgIpc) is 3.15. The van der Waals surface area contributed by atoms with Gasteiger partial charge in [0.15, 0.2) is 0 Å². The molecule has 1 aromatic heterocycles. The van der Waals surface area contributed by atoms with Crippen molar-refractivity contribution in [1.82, 2.24) is 10.2 Å². The van der Waals surface area contributed by atoms with Crippen LogP contribution in [0.15, 0.2) is 24.3 Å². The summed E-state index contributed by atoms with van der Waals surface area (Å²) in [6.07, 6.45) is 2.32. The van der Waals surface area contributed by atoms with Crippen LogP contribution in [0.1, 0.15) is 30.8 Å². The lowest BCUT2D eigenvalue weighted by atomic mass is 9.57. The predicted octanol–water partition coefficient (Wildman–Crippen LogP) is 4.01. The highest BCUT2D eigenvalue weighted by Crippen LogP contribution is 2.53. The third-order valence-corrected chi connectivity index (χ3v) is 6.22. The molecule has 3 unspecified atom stereocenters. The number of hydrogen-bond donors (Lipinski definition) is 1. The number of benzene rings is 1. The van der Waals surface area contributed by atoms with Gasteiger partial charge in [0.25, 0.3) is 0 Å². The molecule has 2 aliphatic rings. The van der Waals surface area contributed by atoms with Crippen LogP contribution in [-0.2, 0) is 11.2 Å². The molecule has 0 spiro atoms. The van der Waals surface area contributed by atoms with Gasteiger partial charge in [0, 0.05) is 35.4 Å². The Morgan fingerprint density at radius 1 is 1.30 bits per heavy atom. The molecule has 6 heteroatoms. The van der Waals surface area contributed by atoms with E-state index in [1.165, 1.54) is 5.56 Å². The molecule has 23 heavy (non-hydrogen) atoms. The number of nitrogens with one attached hydrogen (secondary N) is 1. The lowest BCUT2D eigenvalue weighted by molar-refractivity contribution is -0.0923. The number of rotatable bonds is 4. The first-order valence-corrected chi connectivity index (χ1v) is 9.18. The van der Waals surface area contributed by atoms with Crippen molar-refractivity contribution in [3.05, 3.63) is 39.9 Å². The van der Waals surface area contributed by atoms with Crippen molar-refractivity contribution >= 4 is 28.1 Å². The maximum atomic E-state index is 5.92. The van der Waals surface area contributed by atoms with Gasteiger partial charge in [-0.1, -0.05) is 48.9 Å². The zero-order chi connectivity index (χ0) is 16.0. The van der Waals surface area contributed by atoms with Crippen LogP contribution >= 0.6 is 22.9 Å². The molecule has 1 saturated heterocycles. The first-order chi connectivity index (χ1) is 11.0. The maximum Gasteiger partial charge on any atom is 0.205 e. The Bertz CT molecular complexity index is 700. The topological polar surface area (TPSA) is 47.0 Å². The summed E-state index contributed by atoms with van der Waals surface area (Å²) >= 11 is 7.56. The summed E-state index contributed by atoms with van der Waals surface area (Å²) in [5.41, 5.74) is 1.36. The Kier molecular flexibility index (Phi) is 3.82. The highest BCUT2D eigenvalue weighted by molar-refractivity contribution is 7.15. The number of nitrogens with zero attached hydrogens (tertiary/aromatic N) is 2. The van der Waals surface area contributed by atoms with Crippen molar-refractivity contribution in [3.8, 4) is 0 Å². The van der Waals surface area contributed by atoms with E-state index in [-0.39, 0.29) is 5.41 Å². The summed E-state index contributed by atoms with van der Waals surface area (Å²) in [7, 11) is 0. The van der Waals surface area contributed by atoms with Gasteiger partial charge < -0.3 is 10.1 Å². The number of hydrogen-bond acceptors (Lipinski definition) is 5. The highest BCUT2D eigenvalue weighted by Gasteiger charge is 2.59. The second-order valence-corrected chi connectivity index (χ2v) is 8.49. The van der Waals surface area contributed by atoms with Crippen molar-refractivity contribution in [1.29, 1.82) is 0 Å². The average molecular weight is 350 g/mol. The molecule has 3 atom stereocenters. The zero-order valence-electron chi connectivity index (χ0n) is 13.3. The van der Waals surface area contributed by atoms with Crippen LogP contribution in [0.2, 0.25) is 5.02 Å². The lowest BCUT2D eigenvalue weighted by Crippen LogP contribution is -2.63. The molecule has 2 fully saturated rings. The number of fused-ring (bicyclic) bond motifs is 1. The van der Waals surface area contributed by atoms with E-state index < -0.39 is 0 Å². The van der Waals surface area contributed by atoms with Crippen molar-refractivity contribution in [3.63, 3.8) is 0 Å². The van der Waals surface area contributed by atoms with Crippen LogP contribution in [0.5, 0.6) is 0 Å². The Balaban J connectivity index is 1.43. The SMILES string of the molecule is CC1(C)C(Nc2nnc(Cc3ccc(Cl)cc3)s2)C2CCOC21. The minimum Gasteiger partial charge on any atom is -0.377 e. The number of ether oxygens (including phenoxy) is 1. The number of anilines is 1. The van der Waals surface area contributed by atoms with E-state index in [1.54, 1.807) is 11.3 Å². The maximum absolute atomic E-state index is 5.92. The largest absolute Gasteiger partial charge is 0.377 e. The molecule has 0 radical (unpaired) electrons. The van der Waals surface area contributed by atoms with Crippen molar-refractivity contribution in [2.45, 2.75) is 38.8 Å². The molecule has 0 amide bonds. The summed E-state index contributed by atoms with van der Waals surface area (Å²) in [5, 5.41) is 14.9. The number of halogens is 1. The van der Waals surface area contributed by atoms with E-state index in [1.807, 2.05) is 24.3 Å². The normalized spacial score (nSPS) is 28.2. The van der Waals surface area contributed by atoms with Crippen molar-refractivity contribution < 1.29 is 4.74 Å². The van der Waals surface area contributed by atoms with Crippen LogP contribution in [-0.4, -0.2) is 29.0 Å². The standard InChI is InChI=1S/C17H20ClN3OS/c1-17(2)14(12-7-8-22-15(12)17)19-16-21-20-13(23-16)9-10-3-5-11(18)6-4-10/h3-6,12,14-15H,7-9H2,1-2H3,(H,19,21). The molecule has 4 rings (SSSR count). The molecule has 122 valence electrons. The minimum atomic E-state index is 0.156. The summed E-state index contributed by atoms with van der Waals surface area (Å²) in [6.45, 7) is 5.43. The molecule has 1 aliphatic carbocycles. The highest BCUT2D eigenvalue weighted by atomic mass is 35.5. The molecule has 1 N–H and O–H groups in total. The van der Waals surface area contributed by atoms with Gasteiger partial charge in [0.2, 0.25) is 5.13 Å². The van der Waals surface area contributed by atoms with Gasteiger partial charge in [-0.2, -0.15) is 0 Å². The van der Waals surface area contributed by atoms with Crippen molar-refractivity contribution in [2.24, 2.45) is 11.3 Å². The Hall–Kier alpha value is -1.17. The van der Waals surface area contributed by atoms with Gasteiger partial charge in [-0.25, -0.2) is 0 Å². The monoisotopic (exact) mass is 349 g/mol. The quantitative estimate of drug-likeness (QED) is 0.906. The molecular weight excluding hydrogens is 330 g/mol. The van der Waals surface area contributed by atoms with Gasteiger partial charge in [0.1, 0.15) is 5.01 Å². The molecule has 2 aromatic rings. The predicted molar refractivity (Wildman–Crippen MR) is 93.2 cm³/mol. The Labute approximate surface area is 145 Å². The van der Waals surface area contributed by atoms with E-state index in [0.717, 1.165) is 34.6 Å². The fourth-order valence-electron chi connectivity index (χ4n) is 3.91. The summed E-state index contributed by atoms with van der Waals surface area (Å²) in [6, 6.07) is 8.31. The van der Waals surface area contributed by atoms with Gasteiger partial charge in [0.05, 0.1) is 6.10 Å². The van der Waals surface area contributed by atoms with E-state index >= 15 is 0 Å². The van der Waals surface area contributed by atoms with Crippen LogP contribution in [0.4, 0.5) is 5.13 Å². The third kappa shape index (κ3) is 2.75. The van der Waals surface area contributed by atoms with Crippen LogP contribution < -0.4 is 5.32 Å². The van der Waals surface area contributed by atoms with Crippen molar-refractivity contribution in [2.75, 3.05) is 11.9 Å². The van der Waals surface area contributed by atoms with E-state index in [2.05, 4.69) is 29.4 Å². The second kappa shape index (κ2) is 5.72. The Morgan fingerprint density at radius 2 is 2.09 bits per heavy atom. The Morgan fingerprint density at radius 3 is 2.87 bits per heavy atom. The molecule has 1 aromatic carbocycles. The van der Waals surface area contributed by atoms with Gasteiger partial charge >= 0.3 is 0 Å². The minimum absolute atomic E-state index is 0.156. The third-order valence-electron chi connectivity index (χ3n) is 5.11. The molecule has 4 nitrogen and oxygen atoms in total. The van der Waals surface area contributed by atoms with Gasteiger partial charge in [-0.05, 0) is 24.1 Å². The molecule has 1 saturated carbocycles. The van der Waals surface area contributed by atoms with E-state index in [9.17, 15) is 0 Å². The molecule has 2 heterocycles. The van der Waals surface area contributed by atoms with Gasteiger partial charge in [-0.3, -0.25) is 0 Å². The van der Waals surface area contributed by atoms with Crippen LogP contribution in [0, 0.1) is 11.3 Å². The van der Waals surface area contributed by atoms with E-state index in [4.69, 9.17) is 16.3 Å². The lowest BCUT2D eigenvalue weighted by Gasteiger charge is -2.54. The summed E-state index contributed by atoms with van der Waals surface area (Å²) < 4.78 is 5.85.